The van der Waals surface area contributed by atoms with Gasteiger partial charge in [0.25, 0.3) is 5.91 Å². The Morgan fingerprint density at radius 2 is 2.24 bits per heavy atom. The predicted molar refractivity (Wildman–Crippen MR) is 84.7 cm³/mol. The molecule has 0 aliphatic heterocycles. The van der Waals surface area contributed by atoms with Gasteiger partial charge in [0, 0.05) is 13.1 Å². The first-order valence-electron chi connectivity index (χ1n) is 7.57. The van der Waals surface area contributed by atoms with Crippen molar-refractivity contribution < 1.29 is 9.53 Å². The van der Waals surface area contributed by atoms with Gasteiger partial charge in [-0.2, -0.15) is 0 Å². The van der Waals surface area contributed by atoms with Crippen LogP contribution in [0.15, 0.2) is 18.2 Å². The van der Waals surface area contributed by atoms with Crippen molar-refractivity contribution in [2.75, 3.05) is 19.7 Å². The molecule has 1 saturated carbocycles. The highest BCUT2D eigenvalue weighted by molar-refractivity contribution is 6.32. The fourth-order valence-corrected chi connectivity index (χ4v) is 2.21. The van der Waals surface area contributed by atoms with Crippen molar-refractivity contribution in [3.05, 3.63) is 28.8 Å². The third kappa shape index (κ3) is 5.94. The van der Waals surface area contributed by atoms with Gasteiger partial charge in [0.05, 0.1) is 5.02 Å². The highest BCUT2D eigenvalue weighted by atomic mass is 35.5. The lowest BCUT2D eigenvalue weighted by Crippen LogP contribution is -2.30. The molecule has 116 valence electrons. The molecular weight excluding hydrogens is 288 g/mol. The molecule has 5 heteroatoms. The Hall–Kier alpha value is -1.26. The van der Waals surface area contributed by atoms with E-state index >= 15 is 0 Å². The minimum atomic E-state index is -0.0911. The summed E-state index contributed by atoms with van der Waals surface area (Å²) in [5.41, 5.74) is 1.11. The molecule has 0 saturated heterocycles. The lowest BCUT2D eigenvalue weighted by molar-refractivity contribution is -0.123. The monoisotopic (exact) mass is 310 g/mol. The number of carbonyl (C=O) groups is 1. The van der Waals surface area contributed by atoms with Gasteiger partial charge in [-0.1, -0.05) is 24.6 Å². The molecule has 21 heavy (non-hydrogen) atoms. The van der Waals surface area contributed by atoms with Crippen LogP contribution in [-0.4, -0.2) is 25.6 Å². The van der Waals surface area contributed by atoms with Crippen molar-refractivity contribution >= 4 is 17.5 Å². The molecule has 1 aromatic carbocycles. The predicted octanol–water partition coefficient (Wildman–Crippen LogP) is 2.74. The number of ether oxygens (including phenoxy) is 1. The molecule has 2 N–H and O–H groups in total. The Morgan fingerprint density at radius 3 is 2.90 bits per heavy atom. The Kier molecular flexibility index (Phi) is 6.33. The van der Waals surface area contributed by atoms with Crippen LogP contribution >= 0.6 is 11.6 Å². The van der Waals surface area contributed by atoms with Gasteiger partial charge in [0.15, 0.2) is 6.61 Å². The number of halogens is 1. The number of benzene rings is 1. The first kappa shape index (κ1) is 16.1. The number of nitrogens with one attached hydrogen (secondary N) is 2. The summed E-state index contributed by atoms with van der Waals surface area (Å²) in [5, 5.41) is 6.72. The van der Waals surface area contributed by atoms with E-state index in [4.69, 9.17) is 16.3 Å². The molecule has 0 aromatic heterocycles. The molecule has 1 aromatic rings. The van der Waals surface area contributed by atoms with Crippen LogP contribution in [-0.2, 0) is 11.3 Å². The Morgan fingerprint density at radius 1 is 1.43 bits per heavy atom. The Labute approximate surface area is 131 Å². The molecule has 0 atom stereocenters. The molecule has 1 fully saturated rings. The quantitative estimate of drug-likeness (QED) is 0.690. The molecular formula is C16H23ClN2O2. The van der Waals surface area contributed by atoms with Crippen molar-refractivity contribution in [2.24, 2.45) is 5.92 Å². The smallest absolute Gasteiger partial charge is 0.257 e. The summed E-state index contributed by atoms with van der Waals surface area (Å²) in [7, 11) is 0. The second-order valence-corrected chi connectivity index (χ2v) is 5.88. The highest BCUT2D eigenvalue weighted by Gasteiger charge is 2.21. The molecule has 0 heterocycles. The van der Waals surface area contributed by atoms with E-state index in [2.05, 4.69) is 17.6 Å². The minimum Gasteiger partial charge on any atom is -0.482 e. The first-order chi connectivity index (χ1) is 10.2. The molecule has 1 aliphatic rings. The van der Waals surface area contributed by atoms with Gasteiger partial charge in [-0.25, -0.2) is 0 Å². The summed E-state index contributed by atoms with van der Waals surface area (Å²) < 4.78 is 5.47. The van der Waals surface area contributed by atoms with Crippen molar-refractivity contribution in [3.8, 4) is 5.75 Å². The number of hydrogen-bond acceptors (Lipinski definition) is 3. The normalized spacial score (nSPS) is 14.0. The third-order valence-corrected chi connectivity index (χ3v) is 3.69. The van der Waals surface area contributed by atoms with Crippen LogP contribution in [0.3, 0.4) is 0 Å². The minimum absolute atomic E-state index is 0.0138. The van der Waals surface area contributed by atoms with E-state index < -0.39 is 0 Å². The van der Waals surface area contributed by atoms with Crippen LogP contribution in [0, 0.1) is 5.92 Å². The average Bonchev–Trinajstić information content (AvgIpc) is 3.29. The Bertz CT molecular complexity index is 475. The molecule has 2 rings (SSSR count). The molecule has 0 spiro atoms. The largest absolute Gasteiger partial charge is 0.482 e. The lowest BCUT2D eigenvalue weighted by atomic mass is 10.2. The van der Waals surface area contributed by atoms with E-state index in [1.165, 1.54) is 12.8 Å². The van der Waals surface area contributed by atoms with Gasteiger partial charge in [0.1, 0.15) is 5.75 Å². The fraction of sp³-hybridized carbons (Fsp3) is 0.562. The summed E-state index contributed by atoms with van der Waals surface area (Å²) in [6.45, 7) is 4.68. The zero-order valence-corrected chi connectivity index (χ0v) is 13.2. The standard InChI is InChI=1S/C16H23ClN2O2/c1-2-7-18-9-13-5-6-15(14(17)8-13)21-11-16(20)19-10-12-3-4-12/h5-6,8,12,18H,2-4,7,9-11H2,1H3,(H,19,20). The summed E-state index contributed by atoms with van der Waals surface area (Å²) in [6, 6.07) is 5.66. The maximum absolute atomic E-state index is 11.6. The van der Waals surface area contributed by atoms with Crippen LogP contribution in [0.2, 0.25) is 5.02 Å². The van der Waals surface area contributed by atoms with E-state index in [-0.39, 0.29) is 12.5 Å². The lowest BCUT2D eigenvalue weighted by Gasteiger charge is -2.10. The molecule has 4 nitrogen and oxygen atoms in total. The molecule has 0 radical (unpaired) electrons. The topological polar surface area (TPSA) is 50.4 Å². The van der Waals surface area contributed by atoms with E-state index in [1.54, 1.807) is 0 Å². The van der Waals surface area contributed by atoms with E-state index in [1.807, 2.05) is 18.2 Å². The maximum atomic E-state index is 11.6. The number of amides is 1. The van der Waals surface area contributed by atoms with Gasteiger partial charge in [-0.3, -0.25) is 4.79 Å². The van der Waals surface area contributed by atoms with Crippen molar-refractivity contribution in [1.29, 1.82) is 0 Å². The van der Waals surface area contributed by atoms with Crippen molar-refractivity contribution in [2.45, 2.75) is 32.7 Å². The summed E-state index contributed by atoms with van der Waals surface area (Å²) >= 11 is 6.18. The van der Waals surface area contributed by atoms with Crippen LogP contribution in [0.4, 0.5) is 0 Å². The summed E-state index contributed by atoms with van der Waals surface area (Å²) in [6.07, 6.45) is 3.55. The Balaban J connectivity index is 1.75. The van der Waals surface area contributed by atoms with Crippen LogP contribution in [0.5, 0.6) is 5.75 Å². The number of rotatable bonds is 9. The van der Waals surface area contributed by atoms with E-state index in [9.17, 15) is 4.79 Å². The molecule has 1 aliphatic carbocycles. The van der Waals surface area contributed by atoms with Gasteiger partial charge in [0.2, 0.25) is 0 Å². The van der Waals surface area contributed by atoms with Gasteiger partial charge in [-0.05, 0) is 49.4 Å². The van der Waals surface area contributed by atoms with Gasteiger partial charge >= 0.3 is 0 Å². The zero-order valence-electron chi connectivity index (χ0n) is 12.5. The summed E-state index contributed by atoms with van der Waals surface area (Å²) in [4.78, 5) is 11.6. The number of carbonyl (C=O) groups excluding carboxylic acids is 1. The SMILES string of the molecule is CCCNCc1ccc(OCC(=O)NCC2CC2)c(Cl)c1. The highest BCUT2D eigenvalue weighted by Crippen LogP contribution is 2.27. The molecule has 1 amide bonds. The van der Waals surface area contributed by atoms with Crippen LogP contribution in [0.25, 0.3) is 0 Å². The van der Waals surface area contributed by atoms with E-state index in [0.717, 1.165) is 31.6 Å². The third-order valence-electron chi connectivity index (χ3n) is 3.40. The van der Waals surface area contributed by atoms with Crippen molar-refractivity contribution in [3.63, 3.8) is 0 Å². The fourth-order valence-electron chi connectivity index (χ4n) is 1.96. The maximum Gasteiger partial charge on any atom is 0.257 e. The number of hydrogen-bond donors (Lipinski definition) is 2. The zero-order chi connectivity index (χ0) is 15.1. The second-order valence-electron chi connectivity index (χ2n) is 5.48. The average molecular weight is 311 g/mol. The van der Waals surface area contributed by atoms with Gasteiger partial charge in [-0.15, -0.1) is 0 Å². The second kappa shape index (κ2) is 8.25. The molecule has 0 bridgehead atoms. The first-order valence-corrected chi connectivity index (χ1v) is 7.95. The molecule has 0 unspecified atom stereocenters. The van der Waals surface area contributed by atoms with E-state index in [0.29, 0.717) is 16.7 Å². The van der Waals surface area contributed by atoms with Crippen LogP contribution in [0.1, 0.15) is 31.7 Å². The van der Waals surface area contributed by atoms with Gasteiger partial charge < -0.3 is 15.4 Å². The summed E-state index contributed by atoms with van der Waals surface area (Å²) in [5.74, 6) is 1.14. The van der Waals surface area contributed by atoms with Crippen molar-refractivity contribution in [1.82, 2.24) is 10.6 Å². The van der Waals surface area contributed by atoms with Crippen LogP contribution < -0.4 is 15.4 Å².